The third-order valence-corrected chi connectivity index (χ3v) is 4.32. The average Bonchev–Trinajstić information content (AvgIpc) is 2.40. The summed E-state index contributed by atoms with van der Waals surface area (Å²) in [5.41, 5.74) is 0. The Hall–Kier alpha value is -1.20. The molecule has 0 aromatic heterocycles. The summed E-state index contributed by atoms with van der Waals surface area (Å²) in [4.78, 5) is 23.8. The minimum Gasteiger partial charge on any atom is -0.481 e. The molecule has 1 amide bonds. The summed E-state index contributed by atoms with van der Waals surface area (Å²) in [7, 11) is 0. The minimum absolute atomic E-state index is 0.00811. The van der Waals surface area contributed by atoms with Crippen molar-refractivity contribution >= 4 is 35.2 Å². The Morgan fingerprint density at radius 2 is 1.90 bits per heavy atom. The van der Waals surface area contributed by atoms with Gasteiger partial charge in [0.05, 0.1) is 5.92 Å². The zero-order chi connectivity index (χ0) is 15.8. The molecule has 0 spiro atoms. The number of hydrogen-bond donors (Lipinski definition) is 2. The van der Waals surface area contributed by atoms with Crippen LogP contribution in [-0.4, -0.2) is 29.3 Å². The second kappa shape index (κ2) is 8.95. The van der Waals surface area contributed by atoms with Crippen molar-refractivity contribution in [1.82, 2.24) is 5.32 Å². The number of rotatable bonds is 8. The van der Waals surface area contributed by atoms with Crippen LogP contribution in [-0.2, 0) is 9.59 Å². The lowest BCUT2D eigenvalue weighted by Crippen LogP contribution is -2.35. The highest BCUT2D eigenvalue weighted by atomic mass is 35.5. The fourth-order valence-corrected chi connectivity index (χ4v) is 2.69. The van der Waals surface area contributed by atoms with Crippen LogP contribution >= 0.6 is 23.4 Å². The van der Waals surface area contributed by atoms with Gasteiger partial charge in [0.15, 0.2) is 0 Å². The molecule has 0 aliphatic carbocycles. The fourth-order valence-electron chi connectivity index (χ4n) is 1.71. The standard InChI is InChI=1S/C15H20ClNO3S/c1-10(2)13(15(19)20)9-17-14(18)7-8-21-12-5-3-11(16)4-6-12/h3-6,10,13H,7-9H2,1-2H3,(H,17,18)(H,19,20). The van der Waals surface area contributed by atoms with E-state index in [1.807, 2.05) is 38.1 Å². The SMILES string of the molecule is CC(C)C(CNC(=O)CCSc1ccc(Cl)cc1)C(=O)O. The third kappa shape index (κ3) is 6.87. The van der Waals surface area contributed by atoms with Crippen LogP contribution in [0.1, 0.15) is 20.3 Å². The molecule has 21 heavy (non-hydrogen) atoms. The molecule has 0 aliphatic rings. The fraction of sp³-hybridized carbons (Fsp3) is 0.467. The number of benzene rings is 1. The summed E-state index contributed by atoms with van der Waals surface area (Å²) in [5.74, 6) is -0.902. The van der Waals surface area contributed by atoms with Crippen molar-refractivity contribution in [2.75, 3.05) is 12.3 Å². The smallest absolute Gasteiger partial charge is 0.308 e. The summed E-state index contributed by atoms with van der Waals surface area (Å²) >= 11 is 7.37. The monoisotopic (exact) mass is 329 g/mol. The Bertz CT molecular complexity index is 476. The predicted molar refractivity (Wildman–Crippen MR) is 85.8 cm³/mol. The van der Waals surface area contributed by atoms with Gasteiger partial charge in [-0.2, -0.15) is 0 Å². The van der Waals surface area contributed by atoms with Crippen LogP contribution in [0.4, 0.5) is 0 Å². The summed E-state index contributed by atoms with van der Waals surface area (Å²) in [6.07, 6.45) is 0.359. The highest BCUT2D eigenvalue weighted by Crippen LogP contribution is 2.20. The molecule has 1 rings (SSSR count). The minimum atomic E-state index is -0.874. The number of carboxylic acids is 1. The molecule has 6 heteroatoms. The second-order valence-corrected chi connectivity index (χ2v) is 6.65. The number of hydrogen-bond acceptors (Lipinski definition) is 3. The van der Waals surface area contributed by atoms with Crippen molar-refractivity contribution in [3.8, 4) is 0 Å². The number of carbonyl (C=O) groups excluding carboxylic acids is 1. The van der Waals surface area contributed by atoms with Crippen LogP contribution in [0.25, 0.3) is 0 Å². The first-order chi connectivity index (χ1) is 9.90. The Kier molecular flexibility index (Phi) is 7.61. The van der Waals surface area contributed by atoms with E-state index in [1.54, 1.807) is 11.8 Å². The van der Waals surface area contributed by atoms with Crippen molar-refractivity contribution in [2.45, 2.75) is 25.2 Å². The molecule has 0 fully saturated rings. The molecular formula is C15H20ClNO3S. The lowest BCUT2D eigenvalue weighted by Gasteiger charge is -2.16. The molecule has 116 valence electrons. The van der Waals surface area contributed by atoms with Crippen molar-refractivity contribution in [1.29, 1.82) is 0 Å². The molecular weight excluding hydrogens is 310 g/mol. The van der Waals surface area contributed by atoms with Gasteiger partial charge in [-0.05, 0) is 30.2 Å². The van der Waals surface area contributed by atoms with Gasteiger partial charge in [-0.25, -0.2) is 0 Å². The largest absolute Gasteiger partial charge is 0.481 e. The van der Waals surface area contributed by atoms with Gasteiger partial charge in [-0.15, -0.1) is 11.8 Å². The number of thioether (sulfide) groups is 1. The van der Waals surface area contributed by atoms with E-state index in [0.29, 0.717) is 17.2 Å². The van der Waals surface area contributed by atoms with Crippen molar-refractivity contribution < 1.29 is 14.7 Å². The molecule has 0 saturated carbocycles. The van der Waals surface area contributed by atoms with E-state index < -0.39 is 11.9 Å². The molecule has 0 heterocycles. The molecule has 4 nitrogen and oxygen atoms in total. The van der Waals surface area contributed by atoms with E-state index in [9.17, 15) is 9.59 Å². The molecule has 0 radical (unpaired) electrons. The van der Waals surface area contributed by atoms with Crippen LogP contribution in [0.3, 0.4) is 0 Å². The van der Waals surface area contributed by atoms with E-state index in [4.69, 9.17) is 16.7 Å². The van der Waals surface area contributed by atoms with Crippen LogP contribution in [0.5, 0.6) is 0 Å². The molecule has 1 unspecified atom stereocenters. The van der Waals surface area contributed by atoms with E-state index in [0.717, 1.165) is 4.90 Å². The van der Waals surface area contributed by atoms with Crippen molar-refractivity contribution in [3.05, 3.63) is 29.3 Å². The van der Waals surface area contributed by atoms with E-state index >= 15 is 0 Å². The van der Waals surface area contributed by atoms with E-state index in [2.05, 4.69) is 5.32 Å². The lowest BCUT2D eigenvalue weighted by atomic mass is 9.96. The number of nitrogens with one attached hydrogen (secondary N) is 1. The number of carbonyl (C=O) groups is 2. The zero-order valence-electron chi connectivity index (χ0n) is 12.1. The van der Waals surface area contributed by atoms with Crippen LogP contribution in [0.2, 0.25) is 5.02 Å². The van der Waals surface area contributed by atoms with Gasteiger partial charge in [0, 0.05) is 28.6 Å². The third-order valence-electron chi connectivity index (χ3n) is 3.05. The van der Waals surface area contributed by atoms with Crippen LogP contribution in [0, 0.1) is 11.8 Å². The first-order valence-electron chi connectivity index (χ1n) is 6.78. The topological polar surface area (TPSA) is 66.4 Å². The van der Waals surface area contributed by atoms with Gasteiger partial charge in [-0.1, -0.05) is 25.4 Å². The average molecular weight is 330 g/mol. The highest BCUT2D eigenvalue weighted by molar-refractivity contribution is 7.99. The summed E-state index contributed by atoms with van der Waals surface area (Å²) in [6, 6.07) is 7.43. The maximum atomic E-state index is 11.7. The Balaban J connectivity index is 2.28. The van der Waals surface area contributed by atoms with Gasteiger partial charge < -0.3 is 10.4 Å². The first kappa shape index (κ1) is 17.9. The van der Waals surface area contributed by atoms with Gasteiger partial charge in [0.2, 0.25) is 5.91 Å². The molecule has 0 aliphatic heterocycles. The second-order valence-electron chi connectivity index (χ2n) is 5.05. The first-order valence-corrected chi connectivity index (χ1v) is 8.14. The molecule has 1 aromatic rings. The maximum Gasteiger partial charge on any atom is 0.308 e. The Labute approximate surface area is 134 Å². The number of amides is 1. The molecule has 0 saturated heterocycles. The number of carboxylic acid groups (broad SMARTS) is 1. The predicted octanol–water partition coefficient (Wildman–Crippen LogP) is 3.30. The van der Waals surface area contributed by atoms with Gasteiger partial charge >= 0.3 is 5.97 Å². The Morgan fingerprint density at radius 1 is 1.29 bits per heavy atom. The number of aliphatic carboxylic acids is 1. The molecule has 0 bridgehead atoms. The van der Waals surface area contributed by atoms with E-state index in [-0.39, 0.29) is 18.4 Å². The van der Waals surface area contributed by atoms with Gasteiger partial charge in [-0.3, -0.25) is 9.59 Å². The Morgan fingerprint density at radius 3 is 2.43 bits per heavy atom. The maximum absolute atomic E-state index is 11.7. The number of halogens is 1. The van der Waals surface area contributed by atoms with Crippen LogP contribution < -0.4 is 5.32 Å². The van der Waals surface area contributed by atoms with Crippen molar-refractivity contribution in [3.63, 3.8) is 0 Å². The molecule has 2 N–H and O–H groups in total. The molecule has 1 atom stereocenters. The zero-order valence-corrected chi connectivity index (χ0v) is 13.7. The summed E-state index contributed by atoms with van der Waals surface area (Å²) in [6.45, 7) is 3.85. The molecule has 1 aromatic carbocycles. The normalized spacial score (nSPS) is 12.2. The van der Waals surface area contributed by atoms with Crippen LogP contribution in [0.15, 0.2) is 29.2 Å². The summed E-state index contributed by atoms with van der Waals surface area (Å²) in [5, 5.41) is 12.4. The van der Waals surface area contributed by atoms with E-state index in [1.165, 1.54) is 0 Å². The lowest BCUT2D eigenvalue weighted by molar-refractivity contribution is -0.143. The van der Waals surface area contributed by atoms with Crippen molar-refractivity contribution in [2.24, 2.45) is 11.8 Å². The quantitative estimate of drug-likeness (QED) is 0.718. The summed E-state index contributed by atoms with van der Waals surface area (Å²) < 4.78 is 0. The van der Waals surface area contributed by atoms with Gasteiger partial charge in [0.1, 0.15) is 0 Å². The highest BCUT2D eigenvalue weighted by Gasteiger charge is 2.21. The van der Waals surface area contributed by atoms with Gasteiger partial charge in [0.25, 0.3) is 0 Å².